The first-order valence-electron chi connectivity index (χ1n) is 7.68. The van der Waals surface area contributed by atoms with Gasteiger partial charge < -0.3 is 5.73 Å². The Labute approximate surface area is 126 Å². The van der Waals surface area contributed by atoms with Gasteiger partial charge in [-0.3, -0.25) is 0 Å². The Kier molecular flexibility index (Phi) is 3.81. The lowest BCUT2D eigenvalue weighted by atomic mass is 9.66. The van der Waals surface area contributed by atoms with Gasteiger partial charge in [-0.05, 0) is 67.0 Å². The zero-order valence-electron chi connectivity index (χ0n) is 12.5. The largest absolute Gasteiger partial charge is 0.330 e. The summed E-state index contributed by atoms with van der Waals surface area (Å²) in [7, 11) is 0. The minimum atomic E-state index is -0.160. The van der Waals surface area contributed by atoms with E-state index in [1.54, 1.807) is 6.07 Å². The van der Waals surface area contributed by atoms with Crippen molar-refractivity contribution in [2.45, 2.75) is 38.0 Å². The fraction of sp³-hybridized carbons (Fsp3) is 0.368. The van der Waals surface area contributed by atoms with Crippen molar-refractivity contribution in [3.8, 4) is 0 Å². The molecule has 3 rings (SSSR count). The zero-order chi connectivity index (χ0) is 14.9. The molecule has 0 amide bonds. The molecule has 1 aliphatic carbocycles. The van der Waals surface area contributed by atoms with Crippen molar-refractivity contribution in [3.05, 3.63) is 70.5 Å². The first-order chi connectivity index (χ1) is 10.1. The van der Waals surface area contributed by atoms with Crippen LogP contribution in [0.1, 0.15) is 35.1 Å². The van der Waals surface area contributed by atoms with Crippen LogP contribution in [0.25, 0.3) is 0 Å². The maximum atomic E-state index is 13.6. The average molecular weight is 283 g/mol. The van der Waals surface area contributed by atoms with Crippen molar-refractivity contribution in [3.63, 3.8) is 0 Å². The highest BCUT2D eigenvalue weighted by molar-refractivity contribution is 5.40. The van der Waals surface area contributed by atoms with E-state index in [0.717, 1.165) is 36.8 Å². The van der Waals surface area contributed by atoms with E-state index >= 15 is 0 Å². The van der Waals surface area contributed by atoms with Gasteiger partial charge in [0.15, 0.2) is 0 Å². The summed E-state index contributed by atoms with van der Waals surface area (Å²) in [5, 5.41) is 0. The molecule has 0 aromatic heterocycles. The summed E-state index contributed by atoms with van der Waals surface area (Å²) >= 11 is 0. The molecule has 0 radical (unpaired) electrons. The maximum absolute atomic E-state index is 13.6. The fourth-order valence-corrected chi connectivity index (χ4v) is 3.67. The molecule has 1 atom stereocenters. The smallest absolute Gasteiger partial charge is 0.123 e. The first kappa shape index (κ1) is 14.3. The van der Waals surface area contributed by atoms with Crippen molar-refractivity contribution in [1.82, 2.24) is 0 Å². The number of rotatable bonds is 3. The molecule has 0 saturated carbocycles. The van der Waals surface area contributed by atoms with Crippen LogP contribution in [0.3, 0.4) is 0 Å². The quantitative estimate of drug-likeness (QED) is 0.908. The summed E-state index contributed by atoms with van der Waals surface area (Å²) in [4.78, 5) is 0. The number of hydrogen-bond donors (Lipinski definition) is 1. The Morgan fingerprint density at radius 3 is 2.81 bits per heavy atom. The van der Waals surface area contributed by atoms with Crippen LogP contribution in [0.5, 0.6) is 0 Å². The molecule has 21 heavy (non-hydrogen) atoms. The highest BCUT2D eigenvalue weighted by atomic mass is 19.1. The van der Waals surface area contributed by atoms with Gasteiger partial charge in [0.2, 0.25) is 0 Å². The zero-order valence-corrected chi connectivity index (χ0v) is 12.5. The van der Waals surface area contributed by atoms with Crippen LogP contribution < -0.4 is 5.73 Å². The van der Waals surface area contributed by atoms with E-state index in [1.165, 1.54) is 17.2 Å². The molecule has 0 bridgehead atoms. The van der Waals surface area contributed by atoms with Gasteiger partial charge >= 0.3 is 0 Å². The molecule has 1 nitrogen and oxygen atoms in total. The molecule has 2 aromatic carbocycles. The lowest BCUT2D eigenvalue weighted by molar-refractivity contribution is 0.364. The number of aryl methyl sites for hydroxylation is 2. The number of hydrogen-bond acceptors (Lipinski definition) is 1. The van der Waals surface area contributed by atoms with Gasteiger partial charge in [0.05, 0.1) is 0 Å². The van der Waals surface area contributed by atoms with Gasteiger partial charge in [-0.15, -0.1) is 0 Å². The first-order valence-corrected chi connectivity index (χ1v) is 7.68. The number of fused-ring (bicyclic) bond motifs is 1. The molecule has 0 saturated heterocycles. The SMILES string of the molecule is Cc1ccc(F)cc1CC1(CN)CCCc2ccccc21. The number of nitrogens with two attached hydrogens (primary N) is 1. The number of halogens is 1. The van der Waals surface area contributed by atoms with Crippen LogP contribution in [-0.4, -0.2) is 6.54 Å². The second-order valence-electron chi connectivity index (χ2n) is 6.24. The minimum absolute atomic E-state index is 0.0482. The van der Waals surface area contributed by atoms with E-state index in [9.17, 15) is 4.39 Å². The second kappa shape index (κ2) is 5.61. The predicted molar refractivity (Wildman–Crippen MR) is 85.0 cm³/mol. The molecular weight excluding hydrogens is 261 g/mol. The van der Waals surface area contributed by atoms with Gasteiger partial charge in [0.1, 0.15) is 5.82 Å². The van der Waals surface area contributed by atoms with Crippen LogP contribution in [0.15, 0.2) is 42.5 Å². The number of benzene rings is 2. The van der Waals surface area contributed by atoms with Crippen LogP contribution in [0.4, 0.5) is 4.39 Å². The van der Waals surface area contributed by atoms with Crippen LogP contribution in [0, 0.1) is 12.7 Å². The topological polar surface area (TPSA) is 26.0 Å². The van der Waals surface area contributed by atoms with Crippen molar-refractivity contribution >= 4 is 0 Å². The van der Waals surface area contributed by atoms with Crippen LogP contribution in [0.2, 0.25) is 0 Å². The summed E-state index contributed by atoms with van der Waals surface area (Å²) in [5.41, 5.74) is 11.1. The lowest BCUT2D eigenvalue weighted by Crippen LogP contribution is -2.40. The molecule has 0 aliphatic heterocycles. The Morgan fingerprint density at radius 2 is 2.00 bits per heavy atom. The highest BCUT2D eigenvalue weighted by Gasteiger charge is 2.35. The molecule has 0 fully saturated rings. The lowest BCUT2D eigenvalue weighted by Gasteiger charge is -2.39. The molecule has 0 spiro atoms. The van der Waals surface area contributed by atoms with Crippen molar-refractivity contribution in [2.75, 3.05) is 6.54 Å². The van der Waals surface area contributed by atoms with E-state index in [2.05, 4.69) is 24.3 Å². The summed E-state index contributed by atoms with van der Waals surface area (Å²) in [6.07, 6.45) is 4.18. The second-order valence-corrected chi connectivity index (χ2v) is 6.24. The highest BCUT2D eigenvalue weighted by Crippen LogP contribution is 2.39. The standard InChI is InChI=1S/C19H22FN/c1-14-8-9-17(20)11-16(14)12-19(13-21)10-4-6-15-5-2-3-7-18(15)19/h2-3,5,7-9,11H,4,6,10,12-13,21H2,1H3. The molecule has 2 heteroatoms. The molecule has 110 valence electrons. The minimum Gasteiger partial charge on any atom is -0.330 e. The monoisotopic (exact) mass is 283 g/mol. The van der Waals surface area contributed by atoms with Gasteiger partial charge in [-0.25, -0.2) is 4.39 Å². The predicted octanol–water partition coefficient (Wildman–Crippen LogP) is 3.91. The van der Waals surface area contributed by atoms with Crippen molar-refractivity contribution in [1.29, 1.82) is 0 Å². The Balaban J connectivity index is 2.04. The third kappa shape index (κ3) is 2.60. The van der Waals surface area contributed by atoms with Crippen molar-refractivity contribution < 1.29 is 4.39 Å². The molecule has 2 aromatic rings. The van der Waals surface area contributed by atoms with Gasteiger partial charge in [-0.1, -0.05) is 30.3 Å². The Hall–Kier alpha value is -1.67. The molecule has 1 unspecified atom stereocenters. The van der Waals surface area contributed by atoms with E-state index in [4.69, 9.17) is 5.73 Å². The van der Waals surface area contributed by atoms with Crippen LogP contribution in [-0.2, 0) is 18.3 Å². The van der Waals surface area contributed by atoms with Gasteiger partial charge in [0, 0.05) is 12.0 Å². The van der Waals surface area contributed by atoms with E-state index in [0.29, 0.717) is 6.54 Å². The summed E-state index contributed by atoms with van der Waals surface area (Å²) in [6.45, 7) is 2.66. The van der Waals surface area contributed by atoms with Crippen molar-refractivity contribution in [2.24, 2.45) is 5.73 Å². The summed E-state index contributed by atoms with van der Waals surface area (Å²) in [6, 6.07) is 13.7. The Morgan fingerprint density at radius 1 is 1.19 bits per heavy atom. The maximum Gasteiger partial charge on any atom is 0.123 e. The Bertz CT molecular complexity index is 650. The third-order valence-electron chi connectivity index (χ3n) is 4.92. The summed E-state index contributed by atoms with van der Waals surface area (Å²) < 4.78 is 13.6. The van der Waals surface area contributed by atoms with E-state index in [1.807, 2.05) is 13.0 Å². The molecule has 0 heterocycles. The third-order valence-corrected chi connectivity index (χ3v) is 4.92. The molecule has 1 aliphatic rings. The normalized spacial score (nSPS) is 21.1. The van der Waals surface area contributed by atoms with Gasteiger partial charge in [-0.2, -0.15) is 0 Å². The molecular formula is C19H22FN. The van der Waals surface area contributed by atoms with E-state index < -0.39 is 0 Å². The van der Waals surface area contributed by atoms with Gasteiger partial charge in [0.25, 0.3) is 0 Å². The van der Waals surface area contributed by atoms with E-state index in [-0.39, 0.29) is 11.2 Å². The fourth-order valence-electron chi connectivity index (χ4n) is 3.67. The summed E-state index contributed by atoms with van der Waals surface area (Å²) in [5.74, 6) is -0.160. The average Bonchev–Trinajstić information content (AvgIpc) is 2.51. The van der Waals surface area contributed by atoms with Crippen LogP contribution >= 0.6 is 0 Å². The molecule has 2 N–H and O–H groups in total.